The summed E-state index contributed by atoms with van der Waals surface area (Å²) in [4.78, 5) is 48.1. The maximum atomic E-state index is 11.5. The predicted molar refractivity (Wildman–Crippen MR) is 58.4 cm³/mol. The van der Waals surface area contributed by atoms with Crippen LogP contribution in [-0.4, -0.2) is 46.7 Å². The second-order valence-electron chi connectivity index (χ2n) is 3.26. The van der Waals surface area contributed by atoms with Crippen LogP contribution >= 0.6 is 0 Å². The van der Waals surface area contributed by atoms with Gasteiger partial charge in [0.05, 0.1) is 6.54 Å². The first kappa shape index (κ1) is 13.6. The molecule has 0 radical (unpaired) electrons. The standard InChI is InChI=1S/C9H11N3O6/c1-18-5(8(15)16)3-10-6(13)4-2-11-9(17)12-7(4)14/h2,5H,3H2,1H3,(H,10,13)(H,15,16)(H2,11,12,14,17). The number of amides is 1. The summed E-state index contributed by atoms with van der Waals surface area (Å²) in [5, 5.41) is 10.9. The van der Waals surface area contributed by atoms with E-state index in [9.17, 15) is 19.2 Å². The lowest BCUT2D eigenvalue weighted by Gasteiger charge is -2.10. The van der Waals surface area contributed by atoms with E-state index in [4.69, 9.17) is 5.11 Å². The summed E-state index contributed by atoms with van der Waals surface area (Å²) in [6.45, 7) is -0.302. The van der Waals surface area contributed by atoms with Crippen LogP contribution in [0.25, 0.3) is 0 Å². The molecule has 1 aromatic heterocycles. The summed E-state index contributed by atoms with van der Waals surface area (Å²) in [5.41, 5.74) is -1.92. The molecule has 1 unspecified atom stereocenters. The second-order valence-corrected chi connectivity index (χ2v) is 3.26. The second kappa shape index (κ2) is 5.77. The number of nitrogens with one attached hydrogen (secondary N) is 3. The molecule has 9 heteroatoms. The molecular formula is C9H11N3O6. The molecule has 0 saturated carbocycles. The fourth-order valence-corrected chi connectivity index (χ4v) is 1.13. The van der Waals surface area contributed by atoms with Crippen molar-refractivity contribution in [2.24, 2.45) is 0 Å². The first-order valence-corrected chi connectivity index (χ1v) is 4.81. The van der Waals surface area contributed by atoms with Crippen LogP contribution in [0.1, 0.15) is 10.4 Å². The van der Waals surface area contributed by atoms with Gasteiger partial charge in [-0.25, -0.2) is 9.59 Å². The van der Waals surface area contributed by atoms with Crippen LogP contribution in [0.2, 0.25) is 0 Å². The number of methoxy groups -OCH3 is 1. The number of carboxylic acid groups (broad SMARTS) is 1. The molecule has 98 valence electrons. The summed E-state index contributed by atoms with van der Waals surface area (Å²) < 4.78 is 4.59. The summed E-state index contributed by atoms with van der Waals surface area (Å²) in [5.74, 6) is -2.05. The Morgan fingerprint density at radius 1 is 1.50 bits per heavy atom. The number of rotatable bonds is 5. The molecule has 1 aromatic rings. The Bertz CT molecular complexity index is 560. The minimum Gasteiger partial charge on any atom is -0.479 e. The van der Waals surface area contributed by atoms with Crippen molar-refractivity contribution in [3.63, 3.8) is 0 Å². The lowest BCUT2D eigenvalue weighted by Crippen LogP contribution is -2.40. The fourth-order valence-electron chi connectivity index (χ4n) is 1.13. The summed E-state index contributed by atoms with van der Waals surface area (Å²) in [7, 11) is 1.18. The third kappa shape index (κ3) is 3.28. The molecule has 1 rings (SSSR count). The number of carbonyl (C=O) groups excluding carboxylic acids is 1. The Hall–Kier alpha value is -2.42. The Morgan fingerprint density at radius 3 is 2.67 bits per heavy atom. The zero-order valence-electron chi connectivity index (χ0n) is 9.35. The van der Waals surface area contributed by atoms with Crippen molar-refractivity contribution in [3.8, 4) is 0 Å². The number of H-pyrrole nitrogens is 2. The maximum absolute atomic E-state index is 11.5. The van der Waals surface area contributed by atoms with Gasteiger partial charge in [-0.2, -0.15) is 0 Å². The van der Waals surface area contributed by atoms with Gasteiger partial charge in [0.15, 0.2) is 6.10 Å². The Balaban J connectivity index is 2.74. The predicted octanol–water partition coefficient (Wildman–Crippen LogP) is -2.11. The Morgan fingerprint density at radius 2 is 2.17 bits per heavy atom. The molecule has 9 nitrogen and oxygen atoms in total. The number of hydrogen-bond donors (Lipinski definition) is 4. The average molecular weight is 257 g/mol. The molecule has 0 aliphatic rings. The van der Waals surface area contributed by atoms with E-state index in [1.807, 2.05) is 4.98 Å². The van der Waals surface area contributed by atoms with Crippen molar-refractivity contribution in [2.75, 3.05) is 13.7 Å². The maximum Gasteiger partial charge on any atom is 0.334 e. The third-order valence-electron chi connectivity index (χ3n) is 2.07. The zero-order valence-corrected chi connectivity index (χ0v) is 9.35. The molecule has 0 fully saturated rings. The van der Waals surface area contributed by atoms with Gasteiger partial charge in [0.1, 0.15) is 5.56 Å². The van der Waals surface area contributed by atoms with Crippen molar-refractivity contribution < 1.29 is 19.4 Å². The highest BCUT2D eigenvalue weighted by Crippen LogP contribution is 1.90. The molecule has 1 amide bonds. The fraction of sp³-hybridized carbons (Fsp3) is 0.333. The minimum atomic E-state index is -1.24. The van der Waals surface area contributed by atoms with Crippen molar-refractivity contribution in [1.82, 2.24) is 15.3 Å². The van der Waals surface area contributed by atoms with E-state index in [-0.39, 0.29) is 12.1 Å². The van der Waals surface area contributed by atoms with Crippen LogP contribution in [0.15, 0.2) is 15.8 Å². The molecule has 0 aliphatic carbocycles. The van der Waals surface area contributed by atoms with Gasteiger partial charge in [-0.15, -0.1) is 0 Å². The number of aromatic amines is 2. The average Bonchev–Trinajstić information content (AvgIpc) is 2.28. The van der Waals surface area contributed by atoms with Gasteiger partial charge >= 0.3 is 11.7 Å². The van der Waals surface area contributed by atoms with Crippen LogP contribution in [-0.2, 0) is 9.53 Å². The molecule has 0 aliphatic heterocycles. The van der Waals surface area contributed by atoms with Crippen molar-refractivity contribution in [1.29, 1.82) is 0 Å². The van der Waals surface area contributed by atoms with Crippen LogP contribution in [0.4, 0.5) is 0 Å². The number of carbonyl (C=O) groups is 2. The van der Waals surface area contributed by atoms with Gasteiger partial charge in [-0.3, -0.25) is 14.6 Å². The van der Waals surface area contributed by atoms with E-state index in [0.717, 1.165) is 6.20 Å². The van der Waals surface area contributed by atoms with Crippen LogP contribution in [0.3, 0.4) is 0 Å². The van der Waals surface area contributed by atoms with Crippen molar-refractivity contribution >= 4 is 11.9 Å². The quantitative estimate of drug-likeness (QED) is 0.475. The SMILES string of the molecule is COC(CNC(=O)c1c[nH]c(=O)[nH]c1=O)C(=O)O. The highest BCUT2D eigenvalue weighted by atomic mass is 16.5. The van der Waals surface area contributed by atoms with Crippen LogP contribution < -0.4 is 16.6 Å². The summed E-state index contributed by atoms with van der Waals surface area (Å²) in [6, 6.07) is 0. The van der Waals surface area contributed by atoms with Gasteiger partial charge in [0.2, 0.25) is 0 Å². The van der Waals surface area contributed by atoms with Gasteiger partial charge in [-0.05, 0) is 0 Å². The topological polar surface area (TPSA) is 141 Å². The molecule has 0 aromatic carbocycles. The Kier molecular flexibility index (Phi) is 4.38. The first-order valence-electron chi connectivity index (χ1n) is 4.81. The number of ether oxygens (including phenoxy) is 1. The largest absolute Gasteiger partial charge is 0.479 e. The molecule has 0 saturated heterocycles. The van der Waals surface area contributed by atoms with E-state index < -0.39 is 29.2 Å². The number of hydrogen-bond acceptors (Lipinski definition) is 5. The summed E-state index contributed by atoms with van der Waals surface area (Å²) in [6.07, 6.45) is -0.269. The van der Waals surface area contributed by atoms with E-state index in [1.54, 1.807) is 0 Å². The van der Waals surface area contributed by atoms with Crippen molar-refractivity contribution in [2.45, 2.75) is 6.10 Å². The van der Waals surface area contributed by atoms with E-state index in [0.29, 0.717) is 0 Å². The normalized spacial score (nSPS) is 11.8. The van der Waals surface area contributed by atoms with E-state index in [1.165, 1.54) is 7.11 Å². The smallest absolute Gasteiger partial charge is 0.334 e. The monoisotopic (exact) mass is 257 g/mol. The third-order valence-corrected chi connectivity index (χ3v) is 2.07. The molecule has 0 spiro atoms. The molecule has 1 atom stereocenters. The lowest BCUT2D eigenvalue weighted by molar-refractivity contribution is -0.148. The summed E-state index contributed by atoms with van der Waals surface area (Å²) >= 11 is 0. The number of carboxylic acids is 1. The minimum absolute atomic E-state index is 0.302. The molecular weight excluding hydrogens is 246 g/mol. The molecule has 4 N–H and O–H groups in total. The zero-order chi connectivity index (χ0) is 13.7. The number of aliphatic carboxylic acids is 1. The first-order chi connectivity index (χ1) is 8.45. The Labute approximate surface area is 99.8 Å². The van der Waals surface area contributed by atoms with Gasteiger partial charge < -0.3 is 20.1 Å². The van der Waals surface area contributed by atoms with E-state index in [2.05, 4.69) is 15.0 Å². The van der Waals surface area contributed by atoms with Gasteiger partial charge in [-0.1, -0.05) is 0 Å². The van der Waals surface area contributed by atoms with Crippen LogP contribution in [0.5, 0.6) is 0 Å². The lowest BCUT2D eigenvalue weighted by atomic mass is 10.3. The molecule has 0 bridgehead atoms. The van der Waals surface area contributed by atoms with Gasteiger partial charge in [0.25, 0.3) is 11.5 Å². The highest BCUT2D eigenvalue weighted by Gasteiger charge is 2.18. The van der Waals surface area contributed by atoms with Gasteiger partial charge in [0, 0.05) is 13.3 Å². The van der Waals surface area contributed by atoms with Crippen molar-refractivity contribution in [3.05, 3.63) is 32.6 Å². The van der Waals surface area contributed by atoms with E-state index >= 15 is 0 Å². The molecule has 1 heterocycles. The highest BCUT2D eigenvalue weighted by molar-refractivity contribution is 5.93. The van der Waals surface area contributed by atoms with Crippen LogP contribution in [0, 0.1) is 0 Å². The molecule has 18 heavy (non-hydrogen) atoms. The number of aromatic nitrogens is 2.